The first kappa shape index (κ1) is 9.22. The van der Waals surface area contributed by atoms with E-state index < -0.39 is 17.5 Å². The lowest BCUT2D eigenvalue weighted by atomic mass is 10.2. The molecule has 0 heterocycles. The summed E-state index contributed by atoms with van der Waals surface area (Å²) in [6.07, 6.45) is 1.10. The fourth-order valence-corrected chi connectivity index (χ4v) is 0.787. The van der Waals surface area contributed by atoms with Crippen molar-refractivity contribution in [2.45, 2.75) is 0 Å². The van der Waals surface area contributed by atoms with Gasteiger partial charge in [0.25, 0.3) is 0 Å². The van der Waals surface area contributed by atoms with Gasteiger partial charge in [-0.2, -0.15) is 0 Å². The van der Waals surface area contributed by atoms with Crippen LogP contribution in [0, 0.1) is 17.0 Å². The molecule has 0 saturated heterocycles. The molecule has 0 aliphatic rings. The van der Waals surface area contributed by atoms with E-state index in [2.05, 4.69) is 4.99 Å². The zero-order valence-corrected chi connectivity index (χ0v) is 6.34. The quantitative estimate of drug-likeness (QED) is 0.400. The van der Waals surface area contributed by atoms with Crippen LogP contribution in [-0.2, 0) is 4.79 Å². The molecule has 0 amide bonds. The zero-order chi connectivity index (χ0) is 9.84. The molecule has 0 saturated carbocycles. The van der Waals surface area contributed by atoms with Crippen LogP contribution in [0.2, 0.25) is 0 Å². The number of hydrogen-bond donors (Lipinski definition) is 1. The van der Waals surface area contributed by atoms with E-state index in [9.17, 15) is 13.6 Å². The minimum absolute atomic E-state index is 0.232. The predicted octanol–water partition coefficient (Wildman–Crippen LogP) is 1.63. The monoisotopic (exact) mass is 182 g/mol. The predicted molar refractivity (Wildman–Crippen MR) is 41.3 cm³/mol. The van der Waals surface area contributed by atoms with Crippen LogP contribution in [0.1, 0.15) is 5.56 Å². The molecule has 0 aromatic heterocycles. The van der Waals surface area contributed by atoms with Crippen molar-refractivity contribution in [3.8, 4) is 0 Å². The third-order valence-corrected chi connectivity index (χ3v) is 1.34. The smallest absolute Gasteiger partial charge is 0.242 e. The van der Waals surface area contributed by atoms with Gasteiger partial charge in [-0.3, -0.25) is 5.41 Å². The Morgan fingerprint density at radius 3 is 2.69 bits per heavy atom. The molecular weight excluding hydrogens is 178 g/mol. The molecule has 0 aliphatic carbocycles. The first-order valence-electron chi connectivity index (χ1n) is 3.27. The summed E-state index contributed by atoms with van der Waals surface area (Å²) in [6.45, 7) is 0. The van der Waals surface area contributed by atoms with E-state index in [-0.39, 0.29) is 5.56 Å². The third kappa shape index (κ3) is 2.04. The summed E-state index contributed by atoms with van der Waals surface area (Å²) < 4.78 is 25.2. The number of carbonyl (C=O) groups excluding carboxylic acids is 1. The molecule has 0 unspecified atom stereocenters. The van der Waals surface area contributed by atoms with E-state index in [1.807, 2.05) is 0 Å². The first-order chi connectivity index (χ1) is 6.15. The minimum atomic E-state index is -0.927. The average molecular weight is 182 g/mol. The van der Waals surface area contributed by atoms with Gasteiger partial charge in [0.2, 0.25) is 6.08 Å². The number of amidine groups is 1. The molecule has 3 nitrogen and oxygen atoms in total. The van der Waals surface area contributed by atoms with Crippen LogP contribution in [0.3, 0.4) is 0 Å². The van der Waals surface area contributed by atoms with Crippen LogP contribution >= 0.6 is 0 Å². The zero-order valence-electron chi connectivity index (χ0n) is 6.34. The molecular formula is C8H4F2N2O. The van der Waals surface area contributed by atoms with E-state index in [0.29, 0.717) is 6.07 Å². The number of nitrogens with one attached hydrogen (secondary N) is 1. The highest BCUT2D eigenvalue weighted by Gasteiger charge is 2.07. The Labute approximate surface area is 72.2 Å². The van der Waals surface area contributed by atoms with E-state index >= 15 is 0 Å². The summed E-state index contributed by atoms with van der Waals surface area (Å²) in [5.74, 6) is -2.25. The first-order valence-corrected chi connectivity index (χ1v) is 3.27. The third-order valence-electron chi connectivity index (χ3n) is 1.34. The van der Waals surface area contributed by atoms with Crippen molar-refractivity contribution in [2.75, 3.05) is 0 Å². The minimum Gasteiger partial charge on any atom is -0.282 e. The van der Waals surface area contributed by atoms with Gasteiger partial charge in [-0.05, 0) is 12.1 Å². The van der Waals surface area contributed by atoms with Gasteiger partial charge in [0.15, 0.2) is 5.84 Å². The van der Waals surface area contributed by atoms with E-state index in [1.165, 1.54) is 0 Å². The van der Waals surface area contributed by atoms with Crippen molar-refractivity contribution in [1.82, 2.24) is 0 Å². The summed E-state index contributed by atoms with van der Waals surface area (Å²) in [7, 11) is 0. The Kier molecular flexibility index (Phi) is 2.62. The SMILES string of the molecule is N=C(N=C=O)c1ccc(F)cc1F. The van der Waals surface area contributed by atoms with Crippen LogP contribution in [0.25, 0.3) is 0 Å². The van der Waals surface area contributed by atoms with Crippen LogP contribution in [0.4, 0.5) is 8.78 Å². The molecule has 0 fully saturated rings. The standard InChI is InChI=1S/C8H4F2N2O/c9-5-1-2-6(7(10)3-5)8(11)12-4-13/h1-3,11H. The summed E-state index contributed by atoms with van der Waals surface area (Å²) in [5.41, 5.74) is -0.232. The number of nitrogens with zero attached hydrogens (tertiary/aromatic N) is 1. The van der Waals surface area contributed by atoms with Crippen molar-refractivity contribution in [3.05, 3.63) is 35.4 Å². The highest BCUT2D eigenvalue weighted by molar-refractivity contribution is 5.99. The second-order valence-electron chi connectivity index (χ2n) is 2.18. The van der Waals surface area contributed by atoms with E-state index in [4.69, 9.17) is 5.41 Å². The largest absolute Gasteiger partial charge is 0.282 e. The average Bonchev–Trinajstić information content (AvgIpc) is 2.04. The summed E-state index contributed by atoms with van der Waals surface area (Å²) in [5, 5.41) is 7.05. The number of rotatable bonds is 1. The van der Waals surface area contributed by atoms with Gasteiger partial charge in [0.1, 0.15) is 11.6 Å². The van der Waals surface area contributed by atoms with Crippen molar-refractivity contribution in [3.63, 3.8) is 0 Å². The number of halogens is 2. The van der Waals surface area contributed by atoms with Gasteiger partial charge >= 0.3 is 0 Å². The van der Waals surface area contributed by atoms with Crippen molar-refractivity contribution in [2.24, 2.45) is 4.99 Å². The molecule has 0 spiro atoms. The second kappa shape index (κ2) is 3.69. The van der Waals surface area contributed by atoms with E-state index in [0.717, 1.165) is 18.2 Å². The molecule has 0 atom stereocenters. The lowest BCUT2D eigenvalue weighted by Gasteiger charge is -1.97. The topological polar surface area (TPSA) is 53.3 Å². The van der Waals surface area contributed by atoms with Gasteiger partial charge < -0.3 is 0 Å². The number of hydrogen-bond acceptors (Lipinski definition) is 2. The molecule has 66 valence electrons. The normalized spacial score (nSPS) is 9.08. The highest BCUT2D eigenvalue weighted by atomic mass is 19.1. The maximum absolute atomic E-state index is 12.9. The van der Waals surface area contributed by atoms with Crippen molar-refractivity contribution >= 4 is 11.9 Å². The molecule has 1 rings (SSSR count). The molecule has 13 heavy (non-hydrogen) atoms. The van der Waals surface area contributed by atoms with Gasteiger partial charge in [-0.25, -0.2) is 13.6 Å². The number of isocyanates is 1. The van der Waals surface area contributed by atoms with Crippen LogP contribution in [-0.4, -0.2) is 11.9 Å². The van der Waals surface area contributed by atoms with Crippen molar-refractivity contribution in [1.29, 1.82) is 5.41 Å². The lowest BCUT2D eigenvalue weighted by Crippen LogP contribution is -1.99. The molecule has 1 aromatic rings. The van der Waals surface area contributed by atoms with Gasteiger partial charge in [-0.1, -0.05) is 0 Å². The highest BCUT2D eigenvalue weighted by Crippen LogP contribution is 2.10. The maximum atomic E-state index is 12.9. The van der Waals surface area contributed by atoms with Crippen LogP contribution < -0.4 is 0 Å². The fraction of sp³-hybridized carbons (Fsp3) is 0. The van der Waals surface area contributed by atoms with Gasteiger partial charge in [0, 0.05) is 6.07 Å². The van der Waals surface area contributed by atoms with E-state index in [1.54, 1.807) is 0 Å². The van der Waals surface area contributed by atoms with Crippen LogP contribution in [0.5, 0.6) is 0 Å². The number of benzene rings is 1. The summed E-state index contributed by atoms with van der Waals surface area (Å²) in [4.78, 5) is 12.6. The Hall–Kier alpha value is -1.87. The molecule has 5 heteroatoms. The summed E-state index contributed by atoms with van der Waals surface area (Å²) >= 11 is 0. The Morgan fingerprint density at radius 1 is 1.46 bits per heavy atom. The molecule has 0 aliphatic heterocycles. The Morgan fingerprint density at radius 2 is 2.15 bits per heavy atom. The van der Waals surface area contributed by atoms with Gasteiger partial charge in [-0.15, -0.1) is 4.99 Å². The Bertz CT molecular complexity index is 397. The Balaban J connectivity index is 3.16. The molecule has 0 bridgehead atoms. The van der Waals surface area contributed by atoms with Gasteiger partial charge in [0.05, 0.1) is 5.56 Å². The fourth-order valence-electron chi connectivity index (χ4n) is 0.787. The molecule has 1 aromatic carbocycles. The maximum Gasteiger partial charge on any atom is 0.242 e. The van der Waals surface area contributed by atoms with Crippen LogP contribution in [0.15, 0.2) is 23.2 Å². The van der Waals surface area contributed by atoms with Crippen molar-refractivity contribution < 1.29 is 13.6 Å². The summed E-state index contributed by atoms with van der Waals surface area (Å²) in [6, 6.07) is 2.63. The molecule has 1 N–H and O–H groups in total. The lowest BCUT2D eigenvalue weighted by molar-refractivity contribution is 0.565. The number of aliphatic imine (C=N–C) groups is 1. The second-order valence-corrected chi connectivity index (χ2v) is 2.18. The molecule has 0 radical (unpaired) electrons.